The van der Waals surface area contributed by atoms with E-state index in [1.54, 1.807) is 12.1 Å². The minimum absolute atomic E-state index is 0.0744. The highest BCUT2D eigenvalue weighted by atomic mass is 79.9. The van der Waals surface area contributed by atoms with Crippen LogP contribution >= 0.6 is 15.9 Å². The van der Waals surface area contributed by atoms with E-state index >= 15 is 0 Å². The molecule has 3 rings (SSSR count). The molecule has 2 aromatic rings. The monoisotopic (exact) mass is 388 g/mol. The predicted molar refractivity (Wildman–Crippen MR) is 94.4 cm³/mol. The molecule has 1 atom stereocenters. The number of anilines is 1. The van der Waals surface area contributed by atoms with Crippen LogP contribution < -0.4 is 10.2 Å². The number of hydrogen-bond acceptors (Lipinski definition) is 3. The first-order valence-corrected chi connectivity index (χ1v) is 8.42. The molecule has 2 N–H and O–H groups in total. The van der Waals surface area contributed by atoms with Crippen molar-refractivity contribution in [2.75, 3.05) is 11.4 Å². The quantitative estimate of drug-likeness (QED) is 0.789. The van der Waals surface area contributed by atoms with Gasteiger partial charge in [0.05, 0.1) is 0 Å². The van der Waals surface area contributed by atoms with Crippen LogP contribution in [-0.4, -0.2) is 29.1 Å². The van der Waals surface area contributed by atoms with Gasteiger partial charge in [-0.2, -0.15) is 0 Å². The summed E-state index contributed by atoms with van der Waals surface area (Å²) in [7, 11) is 0. The zero-order chi connectivity index (χ0) is 17.2. The van der Waals surface area contributed by atoms with E-state index in [4.69, 9.17) is 0 Å². The number of rotatable bonds is 4. The summed E-state index contributed by atoms with van der Waals surface area (Å²) in [5.41, 5.74) is -0.452. The molecule has 2 amide bonds. The Balaban J connectivity index is 1.69. The number of para-hydroxylation sites is 1. The Bertz CT molecular complexity index is 766. The molecular formula is C18H17BrN2O3. The van der Waals surface area contributed by atoms with Crippen molar-refractivity contribution in [3.63, 3.8) is 0 Å². The van der Waals surface area contributed by atoms with Crippen LogP contribution in [0, 0.1) is 0 Å². The van der Waals surface area contributed by atoms with Crippen molar-refractivity contribution in [3.05, 3.63) is 64.6 Å². The summed E-state index contributed by atoms with van der Waals surface area (Å²) < 4.78 is 0.903. The van der Waals surface area contributed by atoms with E-state index in [9.17, 15) is 14.7 Å². The lowest BCUT2D eigenvalue weighted by Gasteiger charge is -2.21. The standard InChI is InChI=1S/C18H17BrN2O3/c19-14-6-4-5-13(11-14)12-20-16(22)18(24)9-10-21(17(18)23)15-7-2-1-3-8-15/h1-8,11,24H,9-10,12H2,(H,20,22)/t18-/m1/s1. The lowest BCUT2D eigenvalue weighted by molar-refractivity contribution is -0.149. The largest absolute Gasteiger partial charge is 0.372 e. The van der Waals surface area contributed by atoms with Crippen LogP contribution in [0.4, 0.5) is 5.69 Å². The van der Waals surface area contributed by atoms with Crippen LogP contribution in [0.5, 0.6) is 0 Å². The van der Waals surface area contributed by atoms with Gasteiger partial charge >= 0.3 is 0 Å². The Morgan fingerprint density at radius 3 is 2.67 bits per heavy atom. The molecule has 5 nitrogen and oxygen atoms in total. The third-order valence-corrected chi connectivity index (χ3v) is 4.58. The SMILES string of the molecule is O=C(NCc1cccc(Br)c1)[C@]1(O)CCN(c2ccccc2)C1=O. The molecule has 1 saturated heterocycles. The fourth-order valence-electron chi connectivity index (χ4n) is 2.75. The Labute approximate surface area is 148 Å². The lowest BCUT2D eigenvalue weighted by atomic mass is 10.0. The number of benzene rings is 2. The Morgan fingerprint density at radius 2 is 1.96 bits per heavy atom. The molecule has 2 aromatic carbocycles. The molecule has 0 aromatic heterocycles. The number of aliphatic hydroxyl groups is 1. The molecule has 0 spiro atoms. The summed E-state index contributed by atoms with van der Waals surface area (Å²) in [5.74, 6) is -1.24. The second-order valence-corrected chi connectivity index (χ2v) is 6.63. The predicted octanol–water partition coefficient (Wildman–Crippen LogP) is 2.23. The smallest absolute Gasteiger partial charge is 0.268 e. The summed E-state index contributed by atoms with van der Waals surface area (Å²) in [6.45, 7) is 0.558. The Kier molecular flexibility index (Phi) is 4.69. The van der Waals surface area contributed by atoms with Crippen molar-refractivity contribution in [1.82, 2.24) is 5.32 Å². The Hall–Kier alpha value is -2.18. The number of halogens is 1. The van der Waals surface area contributed by atoms with Crippen molar-refractivity contribution in [2.45, 2.75) is 18.6 Å². The molecule has 1 aliphatic heterocycles. The number of nitrogens with zero attached hydrogens (tertiary/aromatic N) is 1. The Morgan fingerprint density at radius 1 is 1.21 bits per heavy atom. The van der Waals surface area contributed by atoms with Crippen molar-refractivity contribution < 1.29 is 14.7 Å². The highest BCUT2D eigenvalue weighted by Gasteiger charge is 2.51. The second kappa shape index (κ2) is 6.75. The van der Waals surface area contributed by atoms with Crippen molar-refractivity contribution in [1.29, 1.82) is 0 Å². The molecule has 124 valence electrons. The molecule has 1 aliphatic rings. The van der Waals surface area contributed by atoms with E-state index in [0.29, 0.717) is 12.2 Å². The maximum atomic E-state index is 12.5. The summed E-state index contributed by atoms with van der Waals surface area (Å²) in [5, 5.41) is 13.2. The van der Waals surface area contributed by atoms with Gasteiger partial charge in [-0.3, -0.25) is 9.59 Å². The number of nitrogens with one attached hydrogen (secondary N) is 1. The lowest BCUT2D eigenvalue weighted by Crippen LogP contribution is -2.52. The van der Waals surface area contributed by atoms with Gasteiger partial charge in [-0.15, -0.1) is 0 Å². The van der Waals surface area contributed by atoms with E-state index in [-0.39, 0.29) is 13.0 Å². The fraction of sp³-hybridized carbons (Fsp3) is 0.222. The van der Waals surface area contributed by atoms with Gasteiger partial charge in [-0.25, -0.2) is 0 Å². The van der Waals surface area contributed by atoms with E-state index in [0.717, 1.165) is 10.0 Å². The molecule has 0 bridgehead atoms. The van der Waals surface area contributed by atoms with Crippen LogP contribution in [0.2, 0.25) is 0 Å². The van der Waals surface area contributed by atoms with Gasteiger partial charge in [0.15, 0.2) is 0 Å². The van der Waals surface area contributed by atoms with Crippen LogP contribution in [0.25, 0.3) is 0 Å². The topological polar surface area (TPSA) is 69.6 Å². The number of hydrogen-bond donors (Lipinski definition) is 2. The highest BCUT2D eigenvalue weighted by molar-refractivity contribution is 9.10. The maximum absolute atomic E-state index is 12.5. The first-order valence-electron chi connectivity index (χ1n) is 7.63. The number of carbonyl (C=O) groups is 2. The molecule has 0 aliphatic carbocycles. The van der Waals surface area contributed by atoms with Crippen molar-refractivity contribution in [3.8, 4) is 0 Å². The second-order valence-electron chi connectivity index (χ2n) is 5.72. The molecule has 0 radical (unpaired) electrons. The molecule has 0 unspecified atom stereocenters. The molecule has 6 heteroatoms. The molecular weight excluding hydrogens is 372 g/mol. The van der Waals surface area contributed by atoms with Crippen LogP contribution in [-0.2, 0) is 16.1 Å². The molecule has 24 heavy (non-hydrogen) atoms. The van der Waals surface area contributed by atoms with E-state index in [2.05, 4.69) is 21.2 Å². The van der Waals surface area contributed by atoms with Gasteiger partial charge in [0.1, 0.15) is 0 Å². The van der Waals surface area contributed by atoms with E-state index < -0.39 is 17.4 Å². The number of carbonyl (C=O) groups excluding carboxylic acids is 2. The zero-order valence-electron chi connectivity index (χ0n) is 12.9. The average Bonchev–Trinajstić information content (AvgIpc) is 2.90. The van der Waals surface area contributed by atoms with Crippen molar-refractivity contribution >= 4 is 33.4 Å². The summed E-state index contributed by atoms with van der Waals surface area (Å²) in [6.07, 6.45) is 0.0744. The van der Waals surface area contributed by atoms with Gasteiger partial charge < -0.3 is 15.3 Å². The maximum Gasteiger partial charge on any atom is 0.268 e. The first-order chi connectivity index (χ1) is 11.5. The van der Waals surface area contributed by atoms with Gasteiger partial charge in [0, 0.05) is 29.7 Å². The third-order valence-electron chi connectivity index (χ3n) is 4.08. The summed E-state index contributed by atoms with van der Waals surface area (Å²) in [6, 6.07) is 16.5. The minimum atomic E-state index is -2.01. The van der Waals surface area contributed by atoms with Crippen LogP contribution in [0.1, 0.15) is 12.0 Å². The molecule has 0 saturated carbocycles. The average molecular weight is 389 g/mol. The van der Waals surface area contributed by atoms with E-state index in [1.165, 1.54) is 4.90 Å². The number of amides is 2. The minimum Gasteiger partial charge on any atom is -0.372 e. The van der Waals surface area contributed by atoms with Crippen LogP contribution in [0.15, 0.2) is 59.1 Å². The van der Waals surface area contributed by atoms with Crippen molar-refractivity contribution in [2.24, 2.45) is 0 Å². The van der Waals surface area contributed by atoms with Gasteiger partial charge in [0.25, 0.3) is 11.8 Å². The van der Waals surface area contributed by atoms with E-state index in [1.807, 2.05) is 42.5 Å². The third kappa shape index (κ3) is 3.20. The first kappa shape index (κ1) is 16.7. The highest BCUT2D eigenvalue weighted by Crippen LogP contribution is 2.28. The van der Waals surface area contributed by atoms with Gasteiger partial charge in [-0.05, 0) is 29.8 Å². The fourth-order valence-corrected chi connectivity index (χ4v) is 3.19. The summed E-state index contributed by atoms with van der Waals surface area (Å²) >= 11 is 3.37. The molecule has 1 fully saturated rings. The van der Waals surface area contributed by atoms with Crippen LogP contribution in [0.3, 0.4) is 0 Å². The van der Waals surface area contributed by atoms with Gasteiger partial charge in [0.2, 0.25) is 5.60 Å². The normalized spacial score (nSPS) is 20.2. The summed E-state index contributed by atoms with van der Waals surface area (Å²) in [4.78, 5) is 26.4. The zero-order valence-corrected chi connectivity index (χ0v) is 14.5. The molecule has 1 heterocycles. The van der Waals surface area contributed by atoms with Gasteiger partial charge in [-0.1, -0.05) is 46.3 Å².